The van der Waals surface area contributed by atoms with Gasteiger partial charge in [0, 0.05) is 48.6 Å². The lowest BCUT2D eigenvalue weighted by Crippen LogP contribution is -2.60. The van der Waals surface area contributed by atoms with Gasteiger partial charge >= 0.3 is 6.09 Å². The zero-order chi connectivity index (χ0) is 40.6. The van der Waals surface area contributed by atoms with Gasteiger partial charge in [-0.15, -0.1) is 10.2 Å². The number of aromatic nitrogens is 4. The Morgan fingerprint density at radius 3 is 2.54 bits per heavy atom. The number of amides is 1. The zero-order valence-electron chi connectivity index (χ0n) is 33.9. The van der Waals surface area contributed by atoms with Crippen LogP contribution in [0.15, 0.2) is 42.7 Å². The van der Waals surface area contributed by atoms with Gasteiger partial charge in [-0.1, -0.05) is 12.1 Å². The van der Waals surface area contributed by atoms with Crippen molar-refractivity contribution in [2.24, 2.45) is 5.41 Å². The van der Waals surface area contributed by atoms with E-state index >= 15 is 0 Å². The van der Waals surface area contributed by atoms with Crippen molar-refractivity contribution in [3.05, 3.63) is 76.5 Å². The molecular weight excluding hydrogens is 728 g/mol. The molecule has 0 aliphatic carbocycles. The Balaban J connectivity index is 1.06. The van der Waals surface area contributed by atoms with E-state index in [0.717, 1.165) is 73.2 Å². The average Bonchev–Trinajstić information content (AvgIpc) is 3.51. The van der Waals surface area contributed by atoms with E-state index in [-0.39, 0.29) is 40.3 Å². The lowest BCUT2D eigenvalue weighted by atomic mass is 9.72. The number of fused-ring (bicyclic) bond motifs is 1. The number of halogens is 1. The van der Waals surface area contributed by atoms with Crippen molar-refractivity contribution < 1.29 is 28.2 Å². The molecule has 7 rings (SSSR count). The molecule has 5 heterocycles. The number of hydrogen-bond donors (Lipinski definition) is 0. The van der Waals surface area contributed by atoms with E-state index < -0.39 is 17.5 Å². The number of rotatable bonds is 9. The molecular formula is C43H51FN8O5. The van der Waals surface area contributed by atoms with Crippen molar-refractivity contribution >= 4 is 34.3 Å². The minimum atomic E-state index is -0.724. The van der Waals surface area contributed by atoms with E-state index in [2.05, 4.69) is 44.0 Å². The number of aryl methyl sites for hydroxylation is 1. The fourth-order valence-electron chi connectivity index (χ4n) is 8.39. The molecule has 0 radical (unpaired) electrons. The highest BCUT2D eigenvalue weighted by Gasteiger charge is 2.46. The van der Waals surface area contributed by atoms with Gasteiger partial charge in [0.15, 0.2) is 5.82 Å². The number of hydrogen-bond acceptors (Lipinski definition) is 11. The van der Waals surface area contributed by atoms with E-state index in [0.29, 0.717) is 37.5 Å². The summed E-state index contributed by atoms with van der Waals surface area (Å²) in [5, 5.41) is 19.5. The number of carbonyl (C=O) groups is 2. The highest BCUT2D eigenvalue weighted by Crippen LogP contribution is 2.45. The first kappa shape index (κ1) is 39.8. The highest BCUT2D eigenvalue weighted by atomic mass is 19.1. The van der Waals surface area contributed by atoms with Gasteiger partial charge in [0.1, 0.15) is 35.3 Å². The smallest absolute Gasteiger partial charge is 0.420 e. The molecule has 300 valence electrons. The van der Waals surface area contributed by atoms with Crippen LogP contribution in [0.4, 0.5) is 15.0 Å². The van der Waals surface area contributed by atoms with E-state index in [1.54, 1.807) is 4.90 Å². The molecule has 3 aliphatic heterocycles. The summed E-state index contributed by atoms with van der Waals surface area (Å²) in [6.07, 6.45) is 5.46. The van der Waals surface area contributed by atoms with Crippen LogP contribution in [-0.4, -0.2) is 99.1 Å². The van der Waals surface area contributed by atoms with Crippen LogP contribution in [0.3, 0.4) is 0 Å². The summed E-state index contributed by atoms with van der Waals surface area (Å²) in [6, 6.07) is 10.2. The molecule has 2 aromatic carbocycles. The molecule has 0 atom stereocenters. The second-order valence-corrected chi connectivity index (χ2v) is 16.6. The molecule has 13 nitrogen and oxygen atoms in total. The zero-order valence-corrected chi connectivity index (χ0v) is 33.9. The van der Waals surface area contributed by atoms with Crippen molar-refractivity contribution in [3.8, 4) is 17.7 Å². The van der Waals surface area contributed by atoms with E-state index in [1.165, 1.54) is 29.1 Å². The Morgan fingerprint density at radius 2 is 1.89 bits per heavy atom. The van der Waals surface area contributed by atoms with Crippen LogP contribution in [0.1, 0.15) is 93.5 Å². The molecule has 0 bridgehead atoms. The predicted molar refractivity (Wildman–Crippen MR) is 214 cm³/mol. The third kappa shape index (κ3) is 7.95. The average molecular weight is 779 g/mol. The van der Waals surface area contributed by atoms with Gasteiger partial charge < -0.3 is 24.0 Å². The normalized spacial score (nSPS) is 17.0. The number of benzene rings is 2. The van der Waals surface area contributed by atoms with Crippen LogP contribution < -0.4 is 9.64 Å². The molecule has 3 aliphatic rings. The largest absolute Gasteiger partial charge is 0.443 e. The Morgan fingerprint density at radius 1 is 1.14 bits per heavy atom. The van der Waals surface area contributed by atoms with Crippen LogP contribution in [0.2, 0.25) is 0 Å². The third-order valence-corrected chi connectivity index (χ3v) is 11.3. The molecule has 0 saturated carbocycles. The molecule has 57 heavy (non-hydrogen) atoms. The SMILES string of the molecule is CCN(C(=O)c1cc(F)ccc1Oc1nncnc1N1CC2(CCN(Cc3ccc4c(c3C)c(C3=CCOCC3)c(C#N)n4C(=O)OC(C)(C)C)CC2)C1)C(C)C. The van der Waals surface area contributed by atoms with Crippen molar-refractivity contribution in [2.75, 3.05) is 50.8 Å². The number of piperidine rings is 1. The van der Waals surface area contributed by atoms with E-state index in [4.69, 9.17) is 14.2 Å². The van der Waals surface area contributed by atoms with Crippen LogP contribution in [0, 0.1) is 29.5 Å². The summed E-state index contributed by atoms with van der Waals surface area (Å²) in [5.41, 5.74) is 4.44. The molecule has 4 aromatic rings. The second kappa shape index (κ2) is 15.9. The maximum Gasteiger partial charge on any atom is 0.420 e. The summed E-state index contributed by atoms with van der Waals surface area (Å²) in [5.74, 6) is 0.0419. The van der Waals surface area contributed by atoms with Gasteiger partial charge in [-0.3, -0.25) is 9.69 Å². The number of nitriles is 1. The van der Waals surface area contributed by atoms with Gasteiger partial charge in [-0.05, 0) is 122 Å². The first-order valence-electron chi connectivity index (χ1n) is 19.7. The number of likely N-dealkylation sites (tertiary alicyclic amines) is 1. The van der Waals surface area contributed by atoms with Crippen LogP contribution >= 0.6 is 0 Å². The monoisotopic (exact) mass is 778 g/mol. The summed E-state index contributed by atoms with van der Waals surface area (Å²) >= 11 is 0. The Hall–Kier alpha value is -5.39. The minimum Gasteiger partial charge on any atom is -0.443 e. The molecule has 2 saturated heterocycles. The van der Waals surface area contributed by atoms with Crippen LogP contribution in [0.25, 0.3) is 16.5 Å². The fraction of sp³-hybridized carbons (Fsp3) is 0.488. The van der Waals surface area contributed by atoms with E-state index in [1.807, 2.05) is 53.7 Å². The topological polar surface area (TPSA) is 139 Å². The number of carbonyl (C=O) groups excluding carboxylic acids is 2. The van der Waals surface area contributed by atoms with Gasteiger partial charge in [0.25, 0.3) is 11.8 Å². The van der Waals surface area contributed by atoms with Gasteiger partial charge in [-0.25, -0.2) is 18.7 Å². The lowest BCUT2D eigenvalue weighted by Gasteiger charge is -2.54. The van der Waals surface area contributed by atoms with E-state index in [9.17, 15) is 19.2 Å². The van der Waals surface area contributed by atoms with Crippen molar-refractivity contribution in [1.29, 1.82) is 5.26 Å². The minimum absolute atomic E-state index is 0.0760. The second-order valence-electron chi connectivity index (χ2n) is 16.6. The molecule has 14 heteroatoms. The molecule has 2 aromatic heterocycles. The van der Waals surface area contributed by atoms with Crippen molar-refractivity contribution in [2.45, 2.75) is 85.9 Å². The lowest BCUT2D eigenvalue weighted by molar-refractivity contribution is 0.0542. The Bertz CT molecular complexity index is 2260. The van der Waals surface area contributed by atoms with Crippen LogP contribution in [-0.2, 0) is 16.0 Å². The summed E-state index contributed by atoms with van der Waals surface area (Å²) in [4.78, 5) is 37.8. The maximum absolute atomic E-state index is 14.4. The summed E-state index contributed by atoms with van der Waals surface area (Å²) < 4.78 is 33.4. The molecule has 0 unspecified atom stereocenters. The molecule has 1 amide bonds. The van der Waals surface area contributed by atoms with Gasteiger partial charge in [0.05, 0.1) is 24.3 Å². The van der Waals surface area contributed by atoms with Gasteiger partial charge in [-0.2, -0.15) is 5.26 Å². The standard InChI is InChI=1S/C43H51FN8O5/c1-8-51(27(2)3)40(53)32-21-31(44)10-12-35(32)56-39-38(46-26-47-48-39)50-24-43(25-50)15-17-49(18-16-43)23-30-9-11-33-36(28(30)4)37(29-13-19-55-20-14-29)34(22-45)52(33)41(54)57-42(5,6)7/h9-13,21,26-27H,8,14-20,23-25H2,1-7H3. The summed E-state index contributed by atoms with van der Waals surface area (Å²) in [6.45, 7) is 18.8. The van der Waals surface area contributed by atoms with Crippen molar-refractivity contribution in [1.82, 2.24) is 29.5 Å². The van der Waals surface area contributed by atoms with Crippen molar-refractivity contribution in [3.63, 3.8) is 0 Å². The number of anilines is 1. The predicted octanol–water partition coefficient (Wildman–Crippen LogP) is 7.50. The Kier molecular flexibility index (Phi) is 11.1. The quantitative estimate of drug-likeness (QED) is 0.167. The third-order valence-electron chi connectivity index (χ3n) is 11.3. The first-order chi connectivity index (χ1) is 27.2. The fourth-order valence-corrected chi connectivity index (χ4v) is 8.39. The molecule has 1 spiro atoms. The van der Waals surface area contributed by atoms with Crippen LogP contribution in [0.5, 0.6) is 11.6 Å². The molecule has 2 fully saturated rings. The first-order valence-corrected chi connectivity index (χ1v) is 19.7. The molecule has 0 N–H and O–H groups in total. The maximum atomic E-state index is 14.4. The number of ether oxygens (including phenoxy) is 3. The number of nitrogens with zero attached hydrogens (tertiary/aromatic N) is 8. The van der Waals surface area contributed by atoms with Gasteiger partial charge in [0.2, 0.25) is 0 Å². The summed E-state index contributed by atoms with van der Waals surface area (Å²) in [7, 11) is 0. The Labute approximate surface area is 333 Å². The highest BCUT2D eigenvalue weighted by molar-refractivity contribution is 6.03.